The van der Waals surface area contributed by atoms with Crippen LogP contribution in [0.25, 0.3) is 0 Å². The molecule has 0 radical (unpaired) electrons. The first-order valence-electron chi connectivity index (χ1n) is 8.16. The average molecular weight is 397 g/mol. The van der Waals surface area contributed by atoms with E-state index in [2.05, 4.69) is 15.4 Å². The molecule has 0 saturated heterocycles. The maximum atomic E-state index is 12.0. The number of nitro groups is 1. The number of ether oxygens (including phenoxy) is 1. The van der Waals surface area contributed by atoms with Crippen molar-refractivity contribution in [2.75, 3.05) is 11.9 Å². The second-order valence-corrected chi connectivity index (χ2v) is 5.99. The maximum absolute atomic E-state index is 12.0. The number of carbonyl (C=O) groups excluding carboxylic acids is 1. The number of nitrogens with zero attached hydrogens (tertiary/aromatic N) is 1. The summed E-state index contributed by atoms with van der Waals surface area (Å²) >= 11 is 0. The van der Waals surface area contributed by atoms with E-state index in [1.165, 1.54) is 18.2 Å². The van der Waals surface area contributed by atoms with Crippen LogP contribution in [0.3, 0.4) is 0 Å². The number of aryl methyl sites for hydroxylation is 1. The Kier molecular flexibility index (Phi) is 6.94. The van der Waals surface area contributed by atoms with Crippen molar-refractivity contribution < 1.29 is 27.6 Å². The Morgan fingerprint density at radius 1 is 1.14 bits per heavy atom. The molecule has 0 heterocycles. The number of alkyl halides is 3. The third-order valence-corrected chi connectivity index (χ3v) is 3.66. The Labute approximate surface area is 158 Å². The number of nitrogens with one attached hydrogen (secondary N) is 2. The molecule has 0 saturated carbocycles. The zero-order chi connectivity index (χ0) is 20.7. The van der Waals surface area contributed by atoms with E-state index in [1.807, 2.05) is 0 Å². The van der Waals surface area contributed by atoms with Gasteiger partial charge in [-0.05, 0) is 30.2 Å². The highest BCUT2D eigenvalue weighted by Crippen LogP contribution is 2.21. The SMILES string of the molecule is Cc1cc(NC(=O)NCc2ccc(COCC(F)(F)F)cc2)ccc1[N+](=O)[O-]. The zero-order valence-electron chi connectivity index (χ0n) is 14.9. The van der Waals surface area contributed by atoms with Crippen molar-refractivity contribution in [1.29, 1.82) is 0 Å². The normalized spacial score (nSPS) is 11.1. The first-order valence-corrected chi connectivity index (χ1v) is 8.16. The Morgan fingerprint density at radius 2 is 1.79 bits per heavy atom. The van der Waals surface area contributed by atoms with Gasteiger partial charge in [0.25, 0.3) is 5.69 Å². The van der Waals surface area contributed by atoms with Crippen LogP contribution < -0.4 is 10.6 Å². The molecule has 0 spiro atoms. The monoisotopic (exact) mass is 397 g/mol. The fraction of sp³-hybridized carbons (Fsp3) is 0.278. The summed E-state index contributed by atoms with van der Waals surface area (Å²) in [5.74, 6) is 0. The number of benzene rings is 2. The van der Waals surface area contributed by atoms with Crippen LogP contribution in [0.4, 0.5) is 29.3 Å². The van der Waals surface area contributed by atoms with Gasteiger partial charge >= 0.3 is 12.2 Å². The van der Waals surface area contributed by atoms with Crippen molar-refractivity contribution in [3.63, 3.8) is 0 Å². The van der Waals surface area contributed by atoms with Crippen LogP contribution in [0.2, 0.25) is 0 Å². The molecule has 10 heteroatoms. The number of anilines is 1. The number of carbonyl (C=O) groups is 1. The summed E-state index contributed by atoms with van der Waals surface area (Å²) in [7, 11) is 0. The molecule has 2 rings (SSSR count). The van der Waals surface area contributed by atoms with Crippen LogP contribution >= 0.6 is 0 Å². The molecule has 0 unspecified atom stereocenters. The molecule has 28 heavy (non-hydrogen) atoms. The largest absolute Gasteiger partial charge is 0.411 e. The summed E-state index contributed by atoms with van der Waals surface area (Å²) in [5.41, 5.74) is 2.13. The van der Waals surface area contributed by atoms with E-state index in [4.69, 9.17) is 0 Å². The predicted octanol–water partition coefficient (Wildman–Crippen LogP) is 4.30. The minimum Gasteiger partial charge on any atom is -0.367 e. The summed E-state index contributed by atoms with van der Waals surface area (Å²) in [6, 6.07) is 10.3. The number of rotatable bonds is 7. The zero-order valence-corrected chi connectivity index (χ0v) is 14.9. The smallest absolute Gasteiger partial charge is 0.367 e. The molecule has 0 atom stereocenters. The molecule has 2 aromatic rings. The molecule has 2 N–H and O–H groups in total. The highest BCUT2D eigenvalue weighted by Gasteiger charge is 2.27. The molecular formula is C18H18F3N3O4. The molecule has 2 aromatic carbocycles. The van der Waals surface area contributed by atoms with Gasteiger partial charge in [-0.2, -0.15) is 13.2 Å². The van der Waals surface area contributed by atoms with Crippen LogP contribution in [0.5, 0.6) is 0 Å². The lowest BCUT2D eigenvalue weighted by atomic mass is 10.1. The van der Waals surface area contributed by atoms with E-state index in [-0.39, 0.29) is 18.8 Å². The Balaban J connectivity index is 1.81. The molecular weight excluding hydrogens is 379 g/mol. The second kappa shape index (κ2) is 9.18. The van der Waals surface area contributed by atoms with Crippen LogP contribution in [-0.2, 0) is 17.9 Å². The quantitative estimate of drug-likeness (QED) is 0.538. The summed E-state index contributed by atoms with van der Waals surface area (Å²) in [6.45, 7) is 0.300. The fourth-order valence-corrected chi connectivity index (χ4v) is 2.33. The number of urea groups is 1. The van der Waals surface area contributed by atoms with Crippen LogP contribution in [-0.4, -0.2) is 23.7 Å². The van der Waals surface area contributed by atoms with Crippen molar-refractivity contribution in [2.45, 2.75) is 26.3 Å². The number of halogens is 3. The van der Waals surface area contributed by atoms with E-state index in [0.717, 1.165) is 5.56 Å². The molecule has 0 aliphatic heterocycles. The van der Waals surface area contributed by atoms with Gasteiger partial charge in [0.1, 0.15) is 6.61 Å². The number of hydrogen-bond donors (Lipinski definition) is 2. The Bertz CT molecular complexity index is 839. The first-order chi connectivity index (χ1) is 13.1. The second-order valence-electron chi connectivity index (χ2n) is 5.99. The number of amides is 2. The van der Waals surface area contributed by atoms with Gasteiger partial charge in [-0.1, -0.05) is 24.3 Å². The van der Waals surface area contributed by atoms with Gasteiger partial charge in [0.05, 0.1) is 11.5 Å². The van der Waals surface area contributed by atoms with Gasteiger partial charge in [0, 0.05) is 23.9 Å². The average Bonchev–Trinajstić information content (AvgIpc) is 2.60. The molecule has 7 nitrogen and oxygen atoms in total. The molecule has 150 valence electrons. The minimum atomic E-state index is -4.36. The first kappa shape index (κ1) is 21.2. The van der Waals surface area contributed by atoms with Crippen molar-refractivity contribution >= 4 is 17.4 Å². The topological polar surface area (TPSA) is 93.5 Å². The van der Waals surface area contributed by atoms with E-state index >= 15 is 0 Å². The van der Waals surface area contributed by atoms with Gasteiger partial charge in [-0.25, -0.2) is 4.79 Å². The van der Waals surface area contributed by atoms with E-state index in [1.54, 1.807) is 31.2 Å². The van der Waals surface area contributed by atoms with E-state index in [0.29, 0.717) is 16.8 Å². The molecule has 0 aliphatic carbocycles. The van der Waals surface area contributed by atoms with Gasteiger partial charge < -0.3 is 15.4 Å². The molecule has 0 aliphatic rings. The standard InChI is InChI=1S/C18H18F3N3O4/c1-12-8-15(6-7-16(12)24(26)27)23-17(25)22-9-13-2-4-14(5-3-13)10-28-11-18(19,20)21/h2-8H,9-11H2,1H3,(H2,22,23,25). The van der Waals surface area contributed by atoms with E-state index in [9.17, 15) is 28.1 Å². The Hall–Kier alpha value is -3.14. The summed E-state index contributed by atoms with van der Waals surface area (Å²) in [6.07, 6.45) is -4.36. The fourth-order valence-electron chi connectivity index (χ4n) is 2.33. The molecule has 0 fully saturated rings. The minimum absolute atomic E-state index is 0.0368. The van der Waals surface area contributed by atoms with Gasteiger partial charge in [0.15, 0.2) is 0 Å². The van der Waals surface area contributed by atoms with Crippen LogP contribution in [0.1, 0.15) is 16.7 Å². The number of nitro benzene ring substituents is 1. The summed E-state index contributed by atoms with van der Waals surface area (Å²) in [4.78, 5) is 22.2. The summed E-state index contributed by atoms with van der Waals surface area (Å²) in [5, 5.41) is 16.0. The third kappa shape index (κ3) is 6.88. The Morgan fingerprint density at radius 3 is 2.36 bits per heavy atom. The van der Waals surface area contributed by atoms with Crippen LogP contribution in [0.15, 0.2) is 42.5 Å². The lowest BCUT2D eigenvalue weighted by Gasteiger charge is -2.10. The van der Waals surface area contributed by atoms with Crippen molar-refractivity contribution in [2.24, 2.45) is 0 Å². The third-order valence-electron chi connectivity index (χ3n) is 3.66. The lowest BCUT2D eigenvalue weighted by molar-refractivity contribution is -0.385. The van der Waals surface area contributed by atoms with Gasteiger partial charge in [0.2, 0.25) is 0 Å². The van der Waals surface area contributed by atoms with Crippen molar-refractivity contribution in [3.05, 3.63) is 69.3 Å². The number of hydrogen-bond acceptors (Lipinski definition) is 4. The lowest BCUT2D eigenvalue weighted by Crippen LogP contribution is -2.28. The summed E-state index contributed by atoms with van der Waals surface area (Å²) < 4.78 is 40.7. The predicted molar refractivity (Wildman–Crippen MR) is 95.8 cm³/mol. The maximum Gasteiger partial charge on any atom is 0.411 e. The highest BCUT2D eigenvalue weighted by molar-refractivity contribution is 5.89. The molecule has 2 amide bonds. The molecule has 0 aromatic heterocycles. The van der Waals surface area contributed by atoms with Crippen LogP contribution in [0, 0.1) is 17.0 Å². The van der Waals surface area contributed by atoms with Gasteiger partial charge in [-0.3, -0.25) is 10.1 Å². The van der Waals surface area contributed by atoms with E-state index < -0.39 is 23.7 Å². The van der Waals surface area contributed by atoms with Crippen molar-refractivity contribution in [3.8, 4) is 0 Å². The highest BCUT2D eigenvalue weighted by atomic mass is 19.4. The molecule has 0 bridgehead atoms. The van der Waals surface area contributed by atoms with Gasteiger partial charge in [-0.15, -0.1) is 0 Å². The van der Waals surface area contributed by atoms with Crippen molar-refractivity contribution in [1.82, 2.24) is 5.32 Å².